The average Bonchev–Trinajstić information content (AvgIpc) is 2.56. The number of hydrogen-bond donors (Lipinski definition) is 1. The van der Waals surface area contributed by atoms with E-state index in [1.165, 1.54) is 0 Å². The Labute approximate surface area is 105 Å². The molecule has 2 atom stereocenters. The molecule has 0 saturated heterocycles. The van der Waals surface area contributed by atoms with Gasteiger partial charge in [0.1, 0.15) is 11.8 Å². The largest absolute Gasteiger partial charge is 0.340 e. The Hall–Kier alpha value is -1.12. The fourth-order valence-corrected chi connectivity index (χ4v) is 1.93. The van der Waals surface area contributed by atoms with Crippen molar-refractivity contribution in [3.8, 4) is 6.07 Å². The van der Waals surface area contributed by atoms with Gasteiger partial charge in [-0.1, -0.05) is 0 Å². The van der Waals surface area contributed by atoms with Crippen molar-refractivity contribution in [2.24, 2.45) is 7.05 Å². The molecule has 0 amide bonds. The molecule has 0 fully saturated rings. The molecule has 5 heteroatoms. The zero-order valence-electron chi connectivity index (χ0n) is 10.8. The second kappa shape index (κ2) is 5.99. The number of nitrogens with zero attached hydrogens (tertiary/aromatic N) is 2. The predicted molar refractivity (Wildman–Crippen MR) is 70.1 cm³/mol. The number of aromatic nitrogens is 1. The van der Waals surface area contributed by atoms with Crippen molar-refractivity contribution in [1.82, 2.24) is 9.88 Å². The molecule has 0 spiro atoms. The van der Waals surface area contributed by atoms with Crippen LogP contribution in [-0.2, 0) is 24.4 Å². The Morgan fingerprint density at radius 2 is 2.29 bits per heavy atom. The summed E-state index contributed by atoms with van der Waals surface area (Å²) in [7, 11) is 1.10. The first-order chi connectivity index (χ1) is 7.97. The molecule has 1 aromatic heterocycles. The van der Waals surface area contributed by atoms with Gasteiger partial charge in [-0.25, -0.2) is 0 Å². The molecule has 94 valence electrons. The minimum absolute atomic E-state index is 0.148. The lowest BCUT2D eigenvalue weighted by Gasteiger charge is -2.09. The fourth-order valence-electron chi connectivity index (χ4n) is 1.58. The van der Waals surface area contributed by atoms with E-state index in [2.05, 4.69) is 11.4 Å². The highest BCUT2D eigenvalue weighted by Gasteiger charge is 2.09. The predicted octanol–water partition coefficient (Wildman–Crippen LogP) is 1.06. The molecular formula is C12H19N3OS. The number of rotatable bonds is 5. The van der Waals surface area contributed by atoms with E-state index >= 15 is 0 Å². The van der Waals surface area contributed by atoms with Crippen LogP contribution in [0.5, 0.6) is 0 Å². The topological polar surface area (TPSA) is 57.8 Å². The van der Waals surface area contributed by atoms with Crippen LogP contribution in [0.1, 0.15) is 23.9 Å². The molecule has 0 aliphatic carbocycles. The van der Waals surface area contributed by atoms with Crippen LogP contribution < -0.4 is 5.32 Å². The summed E-state index contributed by atoms with van der Waals surface area (Å²) in [5.41, 5.74) is 2.89. The summed E-state index contributed by atoms with van der Waals surface area (Å²) >= 11 is 0. The van der Waals surface area contributed by atoms with Gasteiger partial charge in [-0.3, -0.25) is 4.21 Å². The molecule has 1 rings (SSSR count). The Morgan fingerprint density at radius 3 is 2.76 bits per heavy atom. The minimum atomic E-state index is -0.794. The molecule has 0 aliphatic rings. The van der Waals surface area contributed by atoms with Crippen LogP contribution >= 0.6 is 0 Å². The van der Waals surface area contributed by atoms with E-state index in [0.717, 1.165) is 17.8 Å². The maximum absolute atomic E-state index is 11.2. The normalized spacial score (nSPS) is 14.3. The van der Waals surface area contributed by atoms with Crippen LogP contribution in [0.25, 0.3) is 0 Å². The highest BCUT2D eigenvalue weighted by atomic mass is 32.2. The van der Waals surface area contributed by atoms with Gasteiger partial charge in [0.05, 0.1) is 0 Å². The summed E-state index contributed by atoms with van der Waals surface area (Å²) in [6.07, 6.45) is 1.72. The SMILES string of the molecule is Cc1c(CNCC(C)S(C)=O)cc(C#N)n1C. The van der Waals surface area contributed by atoms with Crippen molar-refractivity contribution in [1.29, 1.82) is 5.26 Å². The molecule has 17 heavy (non-hydrogen) atoms. The lowest BCUT2D eigenvalue weighted by Crippen LogP contribution is -2.27. The van der Waals surface area contributed by atoms with E-state index in [1.807, 2.05) is 31.5 Å². The first-order valence-electron chi connectivity index (χ1n) is 5.55. The van der Waals surface area contributed by atoms with Gasteiger partial charge in [0.15, 0.2) is 0 Å². The van der Waals surface area contributed by atoms with Crippen LogP contribution in [0.2, 0.25) is 0 Å². The van der Waals surface area contributed by atoms with Crippen LogP contribution in [0.4, 0.5) is 0 Å². The molecular weight excluding hydrogens is 234 g/mol. The third-order valence-corrected chi connectivity index (χ3v) is 4.37. The first-order valence-corrected chi connectivity index (χ1v) is 7.17. The molecule has 1 N–H and O–H groups in total. The van der Waals surface area contributed by atoms with Gasteiger partial charge in [0.25, 0.3) is 0 Å². The Morgan fingerprint density at radius 1 is 1.65 bits per heavy atom. The van der Waals surface area contributed by atoms with E-state index in [1.54, 1.807) is 6.26 Å². The summed E-state index contributed by atoms with van der Waals surface area (Å²) in [5.74, 6) is 0. The molecule has 0 aliphatic heterocycles. The molecule has 0 bridgehead atoms. The lowest BCUT2D eigenvalue weighted by atomic mass is 10.2. The smallest absolute Gasteiger partial charge is 0.120 e. The van der Waals surface area contributed by atoms with Crippen LogP contribution in [-0.4, -0.2) is 26.8 Å². The molecule has 4 nitrogen and oxygen atoms in total. The summed E-state index contributed by atoms with van der Waals surface area (Å²) in [4.78, 5) is 0. The van der Waals surface area contributed by atoms with Gasteiger partial charge in [-0.05, 0) is 25.5 Å². The van der Waals surface area contributed by atoms with E-state index in [-0.39, 0.29) is 5.25 Å². The zero-order chi connectivity index (χ0) is 13.0. The summed E-state index contributed by atoms with van der Waals surface area (Å²) < 4.78 is 13.1. The second-order valence-electron chi connectivity index (χ2n) is 4.25. The number of nitrogens with one attached hydrogen (secondary N) is 1. The summed E-state index contributed by atoms with van der Waals surface area (Å²) in [5, 5.41) is 12.3. The first kappa shape index (κ1) is 13.9. The average molecular weight is 253 g/mol. The van der Waals surface area contributed by atoms with Gasteiger partial charge < -0.3 is 9.88 Å². The Kier molecular flexibility index (Phi) is 4.91. The fraction of sp³-hybridized carbons (Fsp3) is 0.583. The zero-order valence-corrected chi connectivity index (χ0v) is 11.6. The van der Waals surface area contributed by atoms with Crippen LogP contribution in [0, 0.1) is 18.3 Å². The highest BCUT2D eigenvalue weighted by Crippen LogP contribution is 2.12. The van der Waals surface area contributed by atoms with Gasteiger partial charge >= 0.3 is 0 Å². The Bertz CT molecular complexity index is 459. The van der Waals surface area contributed by atoms with Crippen molar-refractivity contribution in [3.05, 3.63) is 23.0 Å². The molecule has 0 radical (unpaired) electrons. The van der Waals surface area contributed by atoms with Gasteiger partial charge in [-0.2, -0.15) is 5.26 Å². The van der Waals surface area contributed by atoms with Crippen molar-refractivity contribution in [2.75, 3.05) is 12.8 Å². The quantitative estimate of drug-likeness (QED) is 0.853. The molecule has 2 unspecified atom stereocenters. The Balaban J connectivity index is 2.59. The van der Waals surface area contributed by atoms with E-state index in [4.69, 9.17) is 5.26 Å². The van der Waals surface area contributed by atoms with Crippen LogP contribution in [0.3, 0.4) is 0 Å². The highest BCUT2D eigenvalue weighted by molar-refractivity contribution is 7.84. The number of hydrogen-bond acceptors (Lipinski definition) is 3. The standard InChI is InChI=1S/C12H19N3OS/c1-9(17(4)16)7-14-8-11-5-12(6-13)15(3)10(11)2/h5,9,14H,7-8H2,1-4H3. The molecule has 1 aromatic rings. The molecule has 0 saturated carbocycles. The van der Waals surface area contributed by atoms with Gasteiger partial charge in [0, 0.05) is 48.1 Å². The van der Waals surface area contributed by atoms with Gasteiger partial charge in [-0.15, -0.1) is 0 Å². The third-order valence-electron chi connectivity index (χ3n) is 3.07. The maximum Gasteiger partial charge on any atom is 0.120 e. The maximum atomic E-state index is 11.2. The molecule has 0 aromatic carbocycles. The van der Waals surface area contributed by atoms with Crippen molar-refractivity contribution in [3.63, 3.8) is 0 Å². The van der Waals surface area contributed by atoms with Crippen molar-refractivity contribution >= 4 is 10.8 Å². The van der Waals surface area contributed by atoms with E-state index in [9.17, 15) is 4.21 Å². The monoisotopic (exact) mass is 253 g/mol. The summed E-state index contributed by atoms with van der Waals surface area (Å²) in [6.45, 7) is 5.39. The van der Waals surface area contributed by atoms with Crippen molar-refractivity contribution in [2.45, 2.75) is 25.6 Å². The van der Waals surface area contributed by atoms with Crippen LogP contribution in [0.15, 0.2) is 6.07 Å². The second-order valence-corrected chi connectivity index (χ2v) is 6.05. The third kappa shape index (κ3) is 3.42. The van der Waals surface area contributed by atoms with E-state index in [0.29, 0.717) is 12.2 Å². The molecule has 1 heterocycles. The minimum Gasteiger partial charge on any atom is -0.340 e. The van der Waals surface area contributed by atoms with E-state index < -0.39 is 10.8 Å². The van der Waals surface area contributed by atoms with Crippen molar-refractivity contribution < 1.29 is 4.21 Å². The van der Waals surface area contributed by atoms with Gasteiger partial charge in [0.2, 0.25) is 0 Å². The lowest BCUT2D eigenvalue weighted by molar-refractivity contribution is 0.645. The number of nitriles is 1. The summed E-state index contributed by atoms with van der Waals surface area (Å²) in [6, 6.07) is 4.06.